The molecule has 1 aromatic carbocycles. The van der Waals surface area contributed by atoms with Gasteiger partial charge in [-0.2, -0.15) is 0 Å². The molecule has 0 spiro atoms. The van der Waals surface area contributed by atoms with Gasteiger partial charge in [-0.1, -0.05) is 18.2 Å². The Morgan fingerprint density at radius 3 is 2.50 bits per heavy atom. The average Bonchev–Trinajstić information content (AvgIpc) is 2.19. The smallest absolute Gasteiger partial charge is 0.0474 e. The van der Waals surface area contributed by atoms with Gasteiger partial charge in [0, 0.05) is 6.61 Å². The summed E-state index contributed by atoms with van der Waals surface area (Å²) in [5.41, 5.74) is 9.41. The van der Waals surface area contributed by atoms with Gasteiger partial charge < -0.3 is 10.8 Å². The minimum atomic E-state index is 0.170. The van der Waals surface area contributed by atoms with Crippen LogP contribution < -0.4 is 5.73 Å². The van der Waals surface area contributed by atoms with Gasteiger partial charge in [0.05, 0.1) is 0 Å². The van der Waals surface area contributed by atoms with E-state index in [1.807, 2.05) is 0 Å². The number of hydrogen-bond acceptors (Lipinski definition) is 2. The quantitative estimate of drug-likeness (QED) is 0.759. The third-order valence-corrected chi connectivity index (χ3v) is 2.69. The van der Waals surface area contributed by atoms with Crippen LogP contribution in [-0.2, 0) is 6.42 Å². The third kappa shape index (κ3) is 2.82. The summed E-state index contributed by atoms with van der Waals surface area (Å²) in [6.07, 6.45) is 0.869. The number of aliphatic hydroxyl groups excluding tert-OH is 1. The molecule has 0 aromatic heterocycles. The standard InChI is InChI=1S/C12H19NO/c1-9-3-4-11(5-10(9)2)6-12(7-13)8-14/h3-5,12,14H,6-8,13H2,1-2H3/t12-/m1/s1. The highest BCUT2D eigenvalue weighted by Crippen LogP contribution is 2.13. The van der Waals surface area contributed by atoms with Crippen molar-refractivity contribution in [3.05, 3.63) is 34.9 Å². The Labute approximate surface area is 85.8 Å². The molecule has 1 rings (SSSR count). The van der Waals surface area contributed by atoms with E-state index in [9.17, 15) is 0 Å². The summed E-state index contributed by atoms with van der Waals surface area (Å²) in [6, 6.07) is 6.41. The molecule has 0 radical (unpaired) electrons. The zero-order chi connectivity index (χ0) is 10.6. The molecule has 78 valence electrons. The van der Waals surface area contributed by atoms with Crippen LogP contribution >= 0.6 is 0 Å². The van der Waals surface area contributed by atoms with Gasteiger partial charge in [0.1, 0.15) is 0 Å². The van der Waals surface area contributed by atoms with Crippen molar-refractivity contribution in [1.29, 1.82) is 0 Å². The monoisotopic (exact) mass is 193 g/mol. The Balaban J connectivity index is 2.72. The van der Waals surface area contributed by atoms with Crippen LogP contribution in [0.4, 0.5) is 0 Å². The normalized spacial score (nSPS) is 12.9. The summed E-state index contributed by atoms with van der Waals surface area (Å²) in [6.45, 7) is 4.92. The van der Waals surface area contributed by atoms with Crippen molar-refractivity contribution in [1.82, 2.24) is 0 Å². The molecule has 0 aliphatic carbocycles. The van der Waals surface area contributed by atoms with Gasteiger partial charge in [-0.15, -0.1) is 0 Å². The highest BCUT2D eigenvalue weighted by Gasteiger charge is 2.06. The Bertz CT molecular complexity index is 292. The molecule has 1 aromatic rings. The number of benzene rings is 1. The summed E-state index contributed by atoms with van der Waals surface area (Å²) < 4.78 is 0. The number of aliphatic hydroxyl groups is 1. The third-order valence-electron chi connectivity index (χ3n) is 2.69. The molecule has 2 heteroatoms. The molecular formula is C12H19NO. The Morgan fingerprint density at radius 2 is 2.00 bits per heavy atom. The van der Waals surface area contributed by atoms with Gasteiger partial charge in [-0.05, 0) is 49.4 Å². The van der Waals surface area contributed by atoms with Crippen molar-refractivity contribution in [3.8, 4) is 0 Å². The van der Waals surface area contributed by atoms with Crippen LogP contribution in [0.5, 0.6) is 0 Å². The Morgan fingerprint density at radius 1 is 1.29 bits per heavy atom. The predicted octanol–water partition coefficient (Wildman–Crippen LogP) is 1.41. The van der Waals surface area contributed by atoms with Gasteiger partial charge in [-0.3, -0.25) is 0 Å². The maximum Gasteiger partial charge on any atom is 0.0474 e. The van der Waals surface area contributed by atoms with Crippen molar-refractivity contribution >= 4 is 0 Å². The van der Waals surface area contributed by atoms with Crippen LogP contribution in [0.15, 0.2) is 18.2 Å². The first-order valence-corrected chi connectivity index (χ1v) is 5.04. The predicted molar refractivity (Wildman–Crippen MR) is 59.3 cm³/mol. The molecule has 0 fully saturated rings. The fourth-order valence-electron chi connectivity index (χ4n) is 1.49. The highest BCUT2D eigenvalue weighted by molar-refractivity contribution is 5.30. The second kappa shape index (κ2) is 5.13. The number of nitrogens with two attached hydrogens (primary N) is 1. The van der Waals surface area contributed by atoms with Crippen LogP contribution in [0, 0.1) is 19.8 Å². The summed E-state index contributed by atoms with van der Waals surface area (Å²) >= 11 is 0. The zero-order valence-electron chi connectivity index (χ0n) is 8.96. The van der Waals surface area contributed by atoms with E-state index in [0.717, 1.165) is 6.42 Å². The molecule has 0 aliphatic rings. The molecular weight excluding hydrogens is 174 g/mol. The molecule has 1 atom stereocenters. The van der Waals surface area contributed by atoms with Gasteiger partial charge in [-0.25, -0.2) is 0 Å². The SMILES string of the molecule is Cc1ccc(C[C@H](CN)CO)cc1C. The van der Waals surface area contributed by atoms with Crippen LogP contribution in [-0.4, -0.2) is 18.3 Å². The lowest BCUT2D eigenvalue weighted by Gasteiger charge is -2.12. The van der Waals surface area contributed by atoms with E-state index in [4.69, 9.17) is 10.8 Å². The lowest BCUT2D eigenvalue weighted by molar-refractivity contribution is 0.230. The van der Waals surface area contributed by atoms with Crippen molar-refractivity contribution in [2.75, 3.05) is 13.2 Å². The second-order valence-electron chi connectivity index (χ2n) is 3.91. The Kier molecular flexibility index (Phi) is 4.11. The first-order valence-electron chi connectivity index (χ1n) is 5.04. The van der Waals surface area contributed by atoms with E-state index in [1.165, 1.54) is 16.7 Å². The molecule has 14 heavy (non-hydrogen) atoms. The number of rotatable bonds is 4. The summed E-state index contributed by atoms with van der Waals surface area (Å²) in [4.78, 5) is 0. The molecule has 0 amide bonds. The maximum atomic E-state index is 9.03. The molecule has 2 nitrogen and oxygen atoms in total. The lowest BCUT2D eigenvalue weighted by Crippen LogP contribution is -2.20. The van der Waals surface area contributed by atoms with Crippen LogP contribution in [0.25, 0.3) is 0 Å². The molecule has 0 unspecified atom stereocenters. The minimum absolute atomic E-state index is 0.170. The highest BCUT2D eigenvalue weighted by atomic mass is 16.3. The van der Waals surface area contributed by atoms with Crippen molar-refractivity contribution in [2.24, 2.45) is 11.7 Å². The van der Waals surface area contributed by atoms with E-state index in [1.54, 1.807) is 0 Å². The summed E-state index contributed by atoms with van der Waals surface area (Å²) in [7, 11) is 0. The molecule has 0 aliphatic heterocycles. The van der Waals surface area contributed by atoms with E-state index >= 15 is 0 Å². The van der Waals surface area contributed by atoms with E-state index < -0.39 is 0 Å². The molecule has 0 saturated carbocycles. The Hall–Kier alpha value is -0.860. The molecule has 0 heterocycles. The van der Waals surface area contributed by atoms with Gasteiger partial charge in [0.25, 0.3) is 0 Å². The topological polar surface area (TPSA) is 46.2 Å². The summed E-state index contributed by atoms with van der Waals surface area (Å²) in [5, 5.41) is 9.03. The first kappa shape index (κ1) is 11.2. The number of aryl methyl sites for hydroxylation is 2. The van der Waals surface area contributed by atoms with Crippen molar-refractivity contribution in [3.63, 3.8) is 0 Å². The fraction of sp³-hybridized carbons (Fsp3) is 0.500. The molecule has 0 saturated heterocycles. The zero-order valence-corrected chi connectivity index (χ0v) is 8.96. The van der Waals surface area contributed by atoms with Crippen LogP contribution in [0.1, 0.15) is 16.7 Å². The second-order valence-corrected chi connectivity index (χ2v) is 3.91. The van der Waals surface area contributed by atoms with Gasteiger partial charge in [0.15, 0.2) is 0 Å². The van der Waals surface area contributed by atoms with E-state index in [0.29, 0.717) is 6.54 Å². The van der Waals surface area contributed by atoms with Crippen LogP contribution in [0.2, 0.25) is 0 Å². The van der Waals surface area contributed by atoms with Crippen molar-refractivity contribution < 1.29 is 5.11 Å². The van der Waals surface area contributed by atoms with E-state index in [-0.39, 0.29) is 12.5 Å². The molecule has 3 N–H and O–H groups in total. The van der Waals surface area contributed by atoms with Crippen molar-refractivity contribution in [2.45, 2.75) is 20.3 Å². The first-order chi connectivity index (χ1) is 6.67. The lowest BCUT2D eigenvalue weighted by atomic mass is 9.97. The number of hydrogen-bond donors (Lipinski definition) is 2. The van der Waals surface area contributed by atoms with Gasteiger partial charge >= 0.3 is 0 Å². The van der Waals surface area contributed by atoms with E-state index in [2.05, 4.69) is 32.0 Å². The van der Waals surface area contributed by atoms with Crippen LogP contribution in [0.3, 0.4) is 0 Å². The molecule has 0 bridgehead atoms. The minimum Gasteiger partial charge on any atom is -0.396 e. The van der Waals surface area contributed by atoms with Gasteiger partial charge in [0.2, 0.25) is 0 Å². The summed E-state index contributed by atoms with van der Waals surface area (Å²) in [5.74, 6) is 0.192. The maximum absolute atomic E-state index is 9.03. The largest absolute Gasteiger partial charge is 0.396 e. The fourth-order valence-corrected chi connectivity index (χ4v) is 1.49. The average molecular weight is 193 g/mol.